The summed E-state index contributed by atoms with van der Waals surface area (Å²) >= 11 is 3.44. The summed E-state index contributed by atoms with van der Waals surface area (Å²) in [7, 11) is -1.49. The smallest absolute Gasteiger partial charge is 0.423 e. The van der Waals surface area contributed by atoms with Gasteiger partial charge in [0, 0.05) is 26.4 Å². The number of nitrogens with zero attached hydrogens (tertiary/aromatic N) is 2. The first-order valence-electron chi connectivity index (χ1n) is 19.8. The van der Waals surface area contributed by atoms with E-state index in [4.69, 9.17) is 23.2 Å². The molecule has 2 atom stereocenters. The van der Waals surface area contributed by atoms with E-state index in [1.54, 1.807) is 36.4 Å². The maximum absolute atomic E-state index is 14.1. The monoisotopic (exact) mass is 858 g/mol. The van der Waals surface area contributed by atoms with Gasteiger partial charge in [-0.2, -0.15) is 0 Å². The van der Waals surface area contributed by atoms with Crippen LogP contribution in [0.5, 0.6) is 0 Å². The van der Waals surface area contributed by atoms with Gasteiger partial charge >= 0.3 is 7.12 Å². The quantitative estimate of drug-likeness (QED) is 0.134. The molecule has 0 aromatic heterocycles. The van der Waals surface area contributed by atoms with Crippen molar-refractivity contribution in [3.05, 3.63) is 205 Å². The van der Waals surface area contributed by atoms with Crippen LogP contribution in [0, 0.1) is 35.6 Å². The minimum atomic E-state index is -1.49. The number of hydrogen-bond donors (Lipinski definition) is 2. The molecule has 6 nitrogen and oxygen atoms in total. The Balaban J connectivity index is 0.000000137. The number of benzene rings is 6. The largest absolute Gasteiger partial charge is 0.487 e. The number of rotatable bonds is 2. The van der Waals surface area contributed by atoms with E-state index in [0.717, 1.165) is 79.4 Å². The van der Waals surface area contributed by atoms with Crippen LogP contribution in [0.3, 0.4) is 0 Å². The fraction of sp³-hybridized carbons (Fsp3) is 0.200. The number of hydrogen-bond acceptors (Lipinski definition) is 4. The second kappa shape index (κ2) is 16.5. The summed E-state index contributed by atoms with van der Waals surface area (Å²) in [4.78, 5) is 33.0. The lowest BCUT2D eigenvalue weighted by Gasteiger charge is -2.33. The van der Waals surface area contributed by atoms with Crippen molar-refractivity contribution in [1.82, 2.24) is 0 Å². The van der Waals surface area contributed by atoms with Crippen molar-refractivity contribution in [1.29, 1.82) is 0 Å². The molecule has 0 saturated heterocycles. The Bertz CT molecular complexity index is 2790. The van der Waals surface area contributed by atoms with Gasteiger partial charge in [-0.15, -0.1) is 0 Å². The number of carbonyl (C=O) groups is 2. The first-order valence-corrected chi connectivity index (χ1v) is 20.6. The van der Waals surface area contributed by atoms with Crippen LogP contribution in [0.2, 0.25) is 0 Å². The Kier molecular flexibility index (Phi) is 11.2. The average molecular weight is 860 g/mol. The second-order valence-electron chi connectivity index (χ2n) is 16.1. The van der Waals surface area contributed by atoms with E-state index in [2.05, 4.69) is 25.6 Å². The molecule has 0 radical (unpaired) electrons. The first-order chi connectivity index (χ1) is 28.9. The molecule has 0 fully saturated rings. The summed E-state index contributed by atoms with van der Waals surface area (Å²) < 4.78 is 28.9. The molecule has 2 unspecified atom stereocenters. The third-order valence-electron chi connectivity index (χ3n) is 12.5. The van der Waals surface area contributed by atoms with Gasteiger partial charge in [-0.3, -0.25) is 9.59 Å². The fourth-order valence-corrected chi connectivity index (χ4v) is 9.79. The van der Waals surface area contributed by atoms with E-state index < -0.39 is 12.5 Å². The Morgan fingerprint density at radius 3 is 1.62 bits per heavy atom. The van der Waals surface area contributed by atoms with Crippen molar-refractivity contribution in [3.8, 4) is 11.1 Å². The maximum Gasteiger partial charge on any atom is 0.487 e. The molecule has 0 bridgehead atoms. The van der Waals surface area contributed by atoms with E-state index in [9.17, 15) is 18.4 Å². The lowest BCUT2D eigenvalue weighted by molar-refractivity contribution is 0.0787. The molecule has 0 aliphatic heterocycles. The summed E-state index contributed by atoms with van der Waals surface area (Å²) in [6.07, 6.45) is 5.47. The van der Waals surface area contributed by atoms with Gasteiger partial charge in [-0.1, -0.05) is 101 Å². The molecule has 4 aliphatic carbocycles. The lowest BCUT2D eigenvalue weighted by atomic mass is 9.69. The minimum Gasteiger partial charge on any atom is -0.423 e. The van der Waals surface area contributed by atoms with Crippen molar-refractivity contribution < 1.29 is 28.4 Å². The molecule has 2 N–H and O–H groups in total. The highest BCUT2D eigenvalue weighted by Crippen LogP contribution is 2.48. The fourth-order valence-electron chi connectivity index (χ4n) is 9.43. The molecule has 2 spiro atoms. The highest BCUT2D eigenvalue weighted by Gasteiger charge is 2.48. The standard InChI is InChI=1S/C25H18FNO.C18H14BrFO.C7H6BNO2/c1-27-20-6-2-4-16(12-20)17-8-9-19-15-25(24(28)22(19)13-17)11-10-21-18(14-25)5-3-7-23(21)26;19-13-5-4-12-10-18(17(21)15(12)8-13)7-6-14-11(9-18)2-1-3-16(14)20;1-9-7-4-2-3-6(5-7)8(10)11/h2-9,12-13H,10-11,14-15H2;1-5,8H,6-7,9-10H2;2-5,10-11H. The van der Waals surface area contributed by atoms with Crippen LogP contribution < -0.4 is 5.46 Å². The Labute approximate surface area is 356 Å². The summed E-state index contributed by atoms with van der Waals surface area (Å²) in [5.41, 5.74) is 9.82. The van der Waals surface area contributed by atoms with Gasteiger partial charge in [0.25, 0.3) is 0 Å². The van der Waals surface area contributed by atoms with Crippen LogP contribution >= 0.6 is 15.9 Å². The predicted molar refractivity (Wildman–Crippen MR) is 233 cm³/mol. The number of Topliss-reactive ketones (excluding diaryl/α,β-unsaturated/α-hetero) is 2. The highest BCUT2D eigenvalue weighted by molar-refractivity contribution is 9.10. The molecule has 4 aliphatic rings. The van der Waals surface area contributed by atoms with Gasteiger partial charge in [0.05, 0.1) is 13.1 Å². The summed E-state index contributed by atoms with van der Waals surface area (Å²) in [6, 6.07) is 36.1. The number of halogens is 3. The Morgan fingerprint density at radius 1 is 0.567 bits per heavy atom. The maximum atomic E-state index is 14.1. The van der Waals surface area contributed by atoms with Gasteiger partial charge in [0.2, 0.25) is 0 Å². The van der Waals surface area contributed by atoms with Crippen molar-refractivity contribution in [2.24, 2.45) is 10.8 Å². The predicted octanol–water partition coefficient (Wildman–Crippen LogP) is 10.4. The molecule has 0 heterocycles. The second-order valence-corrected chi connectivity index (χ2v) is 17.0. The summed E-state index contributed by atoms with van der Waals surface area (Å²) in [6.45, 7) is 13.8. The minimum absolute atomic E-state index is 0.131. The van der Waals surface area contributed by atoms with Crippen LogP contribution in [0.4, 0.5) is 20.2 Å². The van der Waals surface area contributed by atoms with Crippen LogP contribution in [0.1, 0.15) is 66.9 Å². The topological polar surface area (TPSA) is 83.3 Å². The normalized spacial score (nSPS) is 19.1. The van der Waals surface area contributed by atoms with Gasteiger partial charge in [-0.25, -0.2) is 18.5 Å². The van der Waals surface area contributed by atoms with Crippen LogP contribution in [-0.2, 0) is 38.5 Å². The molecule has 0 amide bonds. The van der Waals surface area contributed by atoms with Crippen LogP contribution in [0.25, 0.3) is 20.8 Å². The first kappa shape index (κ1) is 40.7. The Morgan fingerprint density at radius 2 is 1.05 bits per heavy atom. The van der Waals surface area contributed by atoms with Crippen molar-refractivity contribution >= 4 is 51.5 Å². The van der Waals surface area contributed by atoms with Crippen LogP contribution in [-0.4, -0.2) is 28.7 Å². The van der Waals surface area contributed by atoms with E-state index in [1.165, 1.54) is 18.2 Å². The van der Waals surface area contributed by atoms with Gasteiger partial charge in [0.1, 0.15) is 11.6 Å². The zero-order valence-electron chi connectivity index (χ0n) is 32.5. The number of carbonyl (C=O) groups excluding carboxylic acids is 2. The zero-order valence-corrected chi connectivity index (χ0v) is 34.1. The molecule has 296 valence electrons. The number of fused-ring (bicyclic) bond motifs is 4. The summed E-state index contributed by atoms with van der Waals surface area (Å²) in [5, 5.41) is 17.4. The van der Waals surface area contributed by atoms with E-state index in [0.29, 0.717) is 48.9 Å². The number of ketones is 2. The highest BCUT2D eigenvalue weighted by atomic mass is 79.9. The van der Waals surface area contributed by atoms with Gasteiger partial charge in [0.15, 0.2) is 22.9 Å². The molecule has 10 heteroatoms. The van der Waals surface area contributed by atoms with Gasteiger partial charge in [-0.05, 0) is 138 Å². The molecule has 6 aromatic carbocycles. The molecular formula is C50H38BBrF2N2O4. The Hall–Kier alpha value is -6.04. The average Bonchev–Trinajstić information content (AvgIpc) is 3.68. The van der Waals surface area contributed by atoms with E-state index in [-0.39, 0.29) is 28.6 Å². The van der Waals surface area contributed by atoms with Crippen molar-refractivity contribution in [3.63, 3.8) is 0 Å². The zero-order chi connectivity index (χ0) is 42.2. The molecule has 10 rings (SSSR count). The van der Waals surface area contributed by atoms with Crippen LogP contribution in [0.15, 0.2) is 126 Å². The van der Waals surface area contributed by atoms with Crippen molar-refractivity contribution in [2.45, 2.75) is 51.4 Å². The SMILES string of the molecule is O=C1c2cc(Br)ccc2CC12CCc1c(F)cccc1C2.[C-]#[N+]c1cccc(-c2ccc3c(c2)C(=O)C2(CCc4c(F)cccc4C2)C3)c1.[C-]#[N+]c1cccc(B(O)O)c1. The van der Waals surface area contributed by atoms with Crippen molar-refractivity contribution in [2.75, 3.05) is 0 Å². The third-order valence-corrected chi connectivity index (χ3v) is 13.0. The van der Waals surface area contributed by atoms with E-state index >= 15 is 0 Å². The molecule has 0 saturated carbocycles. The molecule has 60 heavy (non-hydrogen) atoms. The molecule has 6 aromatic rings. The lowest BCUT2D eigenvalue weighted by Crippen LogP contribution is -2.35. The third kappa shape index (κ3) is 7.75. The van der Waals surface area contributed by atoms with E-state index in [1.807, 2.05) is 66.7 Å². The summed E-state index contributed by atoms with van der Waals surface area (Å²) in [5.74, 6) is 0.125. The van der Waals surface area contributed by atoms with Gasteiger partial charge < -0.3 is 10.0 Å². The molecular weight excluding hydrogens is 821 g/mol.